The Labute approximate surface area is 153 Å². The molecule has 5 rings (SSSR count). The molecule has 0 N–H and O–H groups in total. The quantitative estimate of drug-likeness (QED) is 0.555. The summed E-state index contributed by atoms with van der Waals surface area (Å²) in [7, 11) is 0. The van der Waals surface area contributed by atoms with Gasteiger partial charge >= 0.3 is 0 Å². The maximum absolute atomic E-state index is 13.1. The Morgan fingerprint density at radius 2 is 1.96 bits per heavy atom. The molecule has 0 unspecified atom stereocenters. The van der Waals surface area contributed by atoms with Gasteiger partial charge in [0.15, 0.2) is 5.69 Å². The van der Waals surface area contributed by atoms with Gasteiger partial charge in [-0.1, -0.05) is 23.4 Å². The van der Waals surface area contributed by atoms with E-state index in [1.807, 2.05) is 22.8 Å². The van der Waals surface area contributed by atoms with Gasteiger partial charge in [0, 0.05) is 6.20 Å². The van der Waals surface area contributed by atoms with Crippen LogP contribution in [0.25, 0.3) is 23.1 Å². The van der Waals surface area contributed by atoms with Crippen LogP contribution in [0.3, 0.4) is 0 Å². The highest BCUT2D eigenvalue weighted by Crippen LogP contribution is 2.31. The largest absolute Gasteiger partial charge is 0.365 e. The van der Waals surface area contributed by atoms with Crippen molar-refractivity contribution in [2.45, 2.75) is 19.3 Å². The summed E-state index contributed by atoms with van der Waals surface area (Å²) in [6.45, 7) is 0.924. The van der Waals surface area contributed by atoms with Crippen molar-refractivity contribution in [3.8, 4) is 23.1 Å². The van der Waals surface area contributed by atoms with Crippen molar-refractivity contribution in [2.24, 2.45) is 0 Å². The molecule has 1 aliphatic rings. The lowest BCUT2D eigenvalue weighted by molar-refractivity contribution is 0.00326. The number of aromatic nitrogens is 5. The molecule has 134 valence electrons. The summed E-state index contributed by atoms with van der Waals surface area (Å²) in [6, 6.07) is 11.8. The van der Waals surface area contributed by atoms with Crippen LogP contribution in [-0.4, -0.2) is 24.7 Å². The van der Waals surface area contributed by atoms with Crippen molar-refractivity contribution in [3.05, 3.63) is 72.1 Å². The molecule has 1 atom stereocenters. The van der Waals surface area contributed by atoms with Gasteiger partial charge in [0.05, 0.1) is 25.2 Å². The van der Waals surface area contributed by atoms with Crippen molar-refractivity contribution in [1.29, 1.82) is 0 Å². The normalized spacial score (nSPS) is 16.3. The summed E-state index contributed by atoms with van der Waals surface area (Å²) in [6.07, 6.45) is 3.24. The van der Waals surface area contributed by atoms with Crippen LogP contribution in [0.2, 0.25) is 0 Å². The fourth-order valence-corrected chi connectivity index (χ4v) is 3.10. The molecule has 0 amide bonds. The smallest absolute Gasteiger partial charge is 0.278 e. The molecule has 1 aromatic carbocycles. The number of benzene rings is 1. The first kappa shape index (κ1) is 15.8. The van der Waals surface area contributed by atoms with Crippen molar-refractivity contribution >= 4 is 0 Å². The van der Waals surface area contributed by atoms with Crippen LogP contribution in [0.4, 0.5) is 4.39 Å². The molecule has 0 spiro atoms. The van der Waals surface area contributed by atoms with Gasteiger partial charge < -0.3 is 13.8 Å². The summed E-state index contributed by atoms with van der Waals surface area (Å²) in [5.41, 5.74) is 3.02. The van der Waals surface area contributed by atoms with Gasteiger partial charge in [0.1, 0.15) is 17.6 Å². The first-order valence-electron chi connectivity index (χ1n) is 8.44. The molecular formula is C19H14FN5O2. The Bertz CT molecular complexity index is 1080. The lowest BCUT2D eigenvalue weighted by Crippen LogP contribution is -2.20. The standard InChI is InChI=1S/C19H14FN5O2/c20-13-6-4-12(5-7-13)16-9-25-11-22-17(15(25)10-26-16)19-23-18(24-27-19)14-3-1-2-8-21-14/h1-8,11,16H,9-10H2/t16-/m1/s1. The van der Waals surface area contributed by atoms with E-state index < -0.39 is 0 Å². The third-order valence-corrected chi connectivity index (χ3v) is 4.49. The monoisotopic (exact) mass is 363 g/mol. The Morgan fingerprint density at radius 3 is 2.78 bits per heavy atom. The van der Waals surface area contributed by atoms with Crippen molar-refractivity contribution in [2.75, 3.05) is 0 Å². The van der Waals surface area contributed by atoms with Gasteiger partial charge in [-0.25, -0.2) is 9.37 Å². The number of fused-ring (bicyclic) bond motifs is 1. The lowest BCUT2D eigenvalue weighted by atomic mass is 10.1. The predicted octanol–water partition coefficient (Wildman–Crippen LogP) is 3.41. The summed E-state index contributed by atoms with van der Waals surface area (Å²) in [4.78, 5) is 13.0. The van der Waals surface area contributed by atoms with E-state index in [0.717, 1.165) is 11.3 Å². The average Bonchev–Trinajstić information content (AvgIpc) is 3.36. The number of nitrogens with zero attached hydrogens (tertiary/aromatic N) is 5. The van der Waals surface area contributed by atoms with Crippen molar-refractivity contribution in [1.82, 2.24) is 24.7 Å². The fourth-order valence-electron chi connectivity index (χ4n) is 3.10. The molecule has 0 saturated heterocycles. The highest BCUT2D eigenvalue weighted by atomic mass is 19.1. The highest BCUT2D eigenvalue weighted by Gasteiger charge is 2.26. The van der Waals surface area contributed by atoms with Crippen LogP contribution in [0.5, 0.6) is 0 Å². The van der Waals surface area contributed by atoms with Gasteiger partial charge in [0.25, 0.3) is 5.89 Å². The second-order valence-corrected chi connectivity index (χ2v) is 6.18. The Morgan fingerprint density at radius 1 is 1.07 bits per heavy atom. The Hall–Kier alpha value is -3.39. The van der Waals surface area contributed by atoms with Crippen LogP contribution >= 0.6 is 0 Å². The van der Waals surface area contributed by atoms with Gasteiger partial charge in [-0.3, -0.25) is 4.98 Å². The van der Waals surface area contributed by atoms with E-state index in [4.69, 9.17) is 9.26 Å². The Balaban J connectivity index is 1.42. The van der Waals surface area contributed by atoms with E-state index in [1.165, 1.54) is 12.1 Å². The predicted molar refractivity (Wildman–Crippen MR) is 92.7 cm³/mol. The van der Waals surface area contributed by atoms with Gasteiger partial charge in [-0.15, -0.1) is 0 Å². The fraction of sp³-hybridized carbons (Fsp3) is 0.158. The molecule has 4 aromatic rings. The molecular weight excluding hydrogens is 349 g/mol. The third-order valence-electron chi connectivity index (χ3n) is 4.49. The van der Waals surface area contributed by atoms with Crippen LogP contribution in [-0.2, 0) is 17.9 Å². The third kappa shape index (κ3) is 2.89. The van der Waals surface area contributed by atoms with Gasteiger partial charge in [-0.05, 0) is 29.8 Å². The molecule has 4 heterocycles. The summed E-state index contributed by atoms with van der Waals surface area (Å²) >= 11 is 0. The lowest BCUT2D eigenvalue weighted by Gasteiger charge is -2.25. The number of ether oxygens (including phenoxy) is 1. The number of hydrogen-bond donors (Lipinski definition) is 0. The number of halogens is 1. The summed E-state index contributed by atoms with van der Waals surface area (Å²) in [5.74, 6) is 0.474. The van der Waals surface area contributed by atoms with Gasteiger partial charge in [0.2, 0.25) is 5.82 Å². The molecule has 0 aliphatic carbocycles. The second kappa shape index (κ2) is 6.40. The SMILES string of the molecule is Fc1ccc([C@H]2Cn3cnc(-c4nc(-c5ccccn5)no4)c3CO2)cc1. The zero-order valence-corrected chi connectivity index (χ0v) is 14.1. The first-order valence-corrected chi connectivity index (χ1v) is 8.44. The summed E-state index contributed by atoms with van der Waals surface area (Å²) < 4.78 is 26.5. The number of rotatable bonds is 3. The Kier molecular flexibility index (Phi) is 3.75. The first-order chi connectivity index (χ1) is 13.3. The van der Waals surface area contributed by atoms with Crippen LogP contribution in [0, 0.1) is 5.82 Å². The topological polar surface area (TPSA) is 78.9 Å². The van der Waals surface area contributed by atoms with Gasteiger partial charge in [-0.2, -0.15) is 4.98 Å². The van der Waals surface area contributed by atoms with Crippen LogP contribution < -0.4 is 0 Å². The maximum atomic E-state index is 13.1. The maximum Gasteiger partial charge on any atom is 0.278 e. The number of imidazole rings is 1. The summed E-state index contributed by atoms with van der Waals surface area (Å²) in [5, 5.41) is 3.99. The van der Waals surface area contributed by atoms with Crippen LogP contribution in [0.15, 0.2) is 59.5 Å². The minimum atomic E-state index is -0.264. The molecule has 1 aliphatic heterocycles. The molecule has 0 saturated carbocycles. The van der Waals surface area contributed by atoms with E-state index in [-0.39, 0.29) is 11.9 Å². The molecule has 0 radical (unpaired) electrons. The number of pyridine rings is 1. The zero-order chi connectivity index (χ0) is 18.2. The zero-order valence-electron chi connectivity index (χ0n) is 14.1. The van der Waals surface area contributed by atoms with Crippen LogP contribution in [0.1, 0.15) is 17.4 Å². The number of hydrogen-bond acceptors (Lipinski definition) is 6. The van der Waals surface area contributed by atoms with E-state index in [2.05, 4.69) is 20.1 Å². The van der Waals surface area contributed by atoms with E-state index in [0.29, 0.717) is 36.3 Å². The second-order valence-electron chi connectivity index (χ2n) is 6.18. The highest BCUT2D eigenvalue weighted by molar-refractivity contribution is 5.56. The molecule has 7 nitrogen and oxygen atoms in total. The van der Waals surface area contributed by atoms with E-state index >= 15 is 0 Å². The van der Waals surface area contributed by atoms with E-state index in [1.54, 1.807) is 24.7 Å². The molecule has 0 fully saturated rings. The molecule has 27 heavy (non-hydrogen) atoms. The van der Waals surface area contributed by atoms with Crippen molar-refractivity contribution < 1.29 is 13.7 Å². The molecule has 0 bridgehead atoms. The molecule has 8 heteroatoms. The van der Waals surface area contributed by atoms with Crippen molar-refractivity contribution in [3.63, 3.8) is 0 Å². The van der Waals surface area contributed by atoms with E-state index in [9.17, 15) is 4.39 Å². The molecule has 3 aromatic heterocycles. The minimum Gasteiger partial charge on any atom is -0.365 e. The average molecular weight is 363 g/mol. The minimum absolute atomic E-state index is 0.160.